The molecule has 1 N–H and O–H groups in total. The first-order chi connectivity index (χ1) is 12.3. The summed E-state index contributed by atoms with van der Waals surface area (Å²) in [5.41, 5.74) is 2.96. The van der Waals surface area contributed by atoms with Crippen LogP contribution in [-0.2, 0) is 6.54 Å². The molecule has 0 saturated carbocycles. The third-order valence-electron chi connectivity index (χ3n) is 4.15. The molecule has 7 heteroatoms. The van der Waals surface area contributed by atoms with E-state index in [1.54, 1.807) is 19.2 Å². The Morgan fingerprint density at radius 2 is 1.81 bits per heavy atom. The average molecular weight is 389 g/mol. The van der Waals surface area contributed by atoms with Gasteiger partial charge in [0.1, 0.15) is 11.6 Å². The molecule has 0 aliphatic carbocycles. The van der Waals surface area contributed by atoms with Gasteiger partial charge in [0.05, 0.1) is 0 Å². The smallest absolute Gasteiger partial charge is 0.254 e. The summed E-state index contributed by atoms with van der Waals surface area (Å²) in [5.74, 6) is 1.30. The van der Waals surface area contributed by atoms with E-state index in [0.29, 0.717) is 33.7 Å². The van der Waals surface area contributed by atoms with Gasteiger partial charge >= 0.3 is 0 Å². The van der Waals surface area contributed by atoms with E-state index in [-0.39, 0.29) is 5.56 Å². The molecule has 0 aliphatic heterocycles. The molecule has 5 nitrogen and oxygen atoms in total. The Balaban J connectivity index is 1.82. The first kappa shape index (κ1) is 18.4. The molecule has 0 aliphatic rings. The van der Waals surface area contributed by atoms with Crippen molar-refractivity contribution in [1.82, 2.24) is 15.0 Å². The molecule has 0 amide bonds. The van der Waals surface area contributed by atoms with Crippen LogP contribution < -0.4 is 10.5 Å². The maximum Gasteiger partial charge on any atom is 0.254 e. The number of rotatable bonds is 4. The molecule has 0 atom stereocenters. The summed E-state index contributed by atoms with van der Waals surface area (Å²) in [6.07, 6.45) is 1.70. The number of anilines is 1. The Kier molecular flexibility index (Phi) is 5.30. The number of nitrogens with one attached hydrogen (secondary N) is 1. The van der Waals surface area contributed by atoms with Crippen LogP contribution >= 0.6 is 23.2 Å². The van der Waals surface area contributed by atoms with Crippen molar-refractivity contribution in [2.75, 3.05) is 11.9 Å². The minimum absolute atomic E-state index is 0.133. The predicted octanol–water partition coefficient (Wildman–Crippen LogP) is 4.39. The van der Waals surface area contributed by atoms with E-state index in [1.165, 1.54) is 0 Å². The molecular formula is C19H18Cl2N4O. The Labute approximate surface area is 161 Å². The van der Waals surface area contributed by atoms with Gasteiger partial charge in [-0.1, -0.05) is 23.2 Å². The lowest BCUT2D eigenvalue weighted by atomic mass is 10.2. The van der Waals surface area contributed by atoms with Crippen molar-refractivity contribution in [3.63, 3.8) is 0 Å². The number of hydrogen-bond acceptors (Lipinski definition) is 4. The van der Waals surface area contributed by atoms with Crippen LogP contribution in [0.3, 0.4) is 0 Å². The molecule has 0 unspecified atom stereocenters. The van der Waals surface area contributed by atoms with Crippen molar-refractivity contribution in [2.24, 2.45) is 0 Å². The summed E-state index contributed by atoms with van der Waals surface area (Å²) in [4.78, 5) is 25.6. The average Bonchev–Trinajstić information content (AvgIpc) is 2.58. The van der Waals surface area contributed by atoms with Crippen LogP contribution in [-0.4, -0.2) is 22.0 Å². The van der Waals surface area contributed by atoms with Crippen LogP contribution in [0.25, 0.3) is 11.4 Å². The number of halogens is 2. The number of pyridine rings is 1. The maximum atomic E-state index is 11.9. The molecule has 2 heterocycles. The normalized spacial score (nSPS) is 10.8. The highest BCUT2D eigenvalue weighted by molar-refractivity contribution is 6.34. The van der Waals surface area contributed by atoms with Gasteiger partial charge in [0.25, 0.3) is 5.56 Å². The van der Waals surface area contributed by atoms with Gasteiger partial charge in [-0.05, 0) is 49.7 Å². The minimum Gasteiger partial charge on any atom is -0.355 e. The summed E-state index contributed by atoms with van der Waals surface area (Å²) in [7, 11) is 1.94. The fraction of sp³-hybridized carbons (Fsp3) is 0.211. The lowest BCUT2D eigenvalue weighted by Crippen LogP contribution is -2.18. The van der Waals surface area contributed by atoms with Crippen molar-refractivity contribution in [3.05, 3.63) is 73.7 Å². The van der Waals surface area contributed by atoms with E-state index in [2.05, 4.69) is 15.0 Å². The van der Waals surface area contributed by atoms with E-state index in [9.17, 15) is 4.79 Å². The first-order valence-corrected chi connectivity index (χ1v) is 8.79. The van der Waals surface area contributed by atoms with Gasteiger partial charge in [-0.25, -0.2) is 9.97 Å². The highest BCUT2D eigenvalue weighted by atomic mass is 35.5. The molecule has 3 aromatic rings. The zero-order valence-corrected chi connectivity index (χ0v) is 16.2. The number of hydrogen-bond donors (Lipinski definition) is 1. The van der Waals surface area contributed by atoms with Crippen molar-refractivity contribution < 1.29 is 0 Å². The number of H-pyrrole nitrogens is 1. The molecule has 2 aromatic heterocycles. The van der Waals surface area contributed by atoms with Crippen molar-refractivity contribution >= 4 is 29.0 Å². The number of nitrogens with zero attached hydrogens (tertiary/aromatic N) is 3. The molecule has 26 heavy (non-hydrogen) atoms. The number of aryl methyl sites for hydroxylation is 1. The number of aromatic amines is 1. The van der Waals surface area contributed by atoms with E-state index < -0.39 is 0 Å². The summed E-state index contributed by atoms with van der Waals surface area (Å²) in [5, 5.41) is 1.21. The fourth-order valence-corrected chi connectivity index (χ4v) is 3.16. The molecule has 0 spiro atoms. The Hall–Kier alpha value is -2.37. The third-order valence-corrected chi connectivity index (χ3v) is 4.59. The van der Waals surface area contributed by atoms with Crippen LogP contribution in [0.15, 0.2) is 41.3 Å². The van der Waals surface area contributed by atoms with Gasteiger partial charge in [0, 0.05) is 46.7 Å². The molecule has 0 saturated heterocycles. The van der Waals surface area contributed by atoms with Crippen LogP contribution in [0.4, 0.5) is 5.82 Å². The summed E-state index contributed by atoms with van der Waals surface area (Å²) < 4.78 is 0. The van der Waals surface area contributed by atoms with Gasteiger partial charge in [-0.15, -0.1) is 0 Å². The number of aromatic nitrogens is 3. The zero-order chi connectivity index (χ0) is 18.8. The standard InChI is InChI=1S/C19H18Cl2N4O/c1-11-12(2)23-18(24-19(11)26)14-4-5-17(22-9-14)25(3)10-13-6-15(20)8-16(21)7-13/h4-9H,10H2,1-3H3,(H,23,24,26). The molecule has 0 fully saturated rings. The second-order valence-electron chi connectivity index (χ2n) is 6.16. The van der Waals surface area contributed by atoms with E-state index in [0.717, 1.165) is 16.9 Å². The zero-order valence-electron chi connectivity index (χ0n) is 14.7. The topological polar surface area (TPSA) is 61.9 Å². The van der Waals surface area contributed by atoms with E-state index >= 15 is 0 Å². The molecular weight excluding hydrogens is 371 g/mol. The van der Waals surface area contributed by atoms with Gasteiger partial charge in [0.2, 0.25) is 0 Å². The molecule has 0 bridgehead atoms. The molecule has 3 rings (SSSR count). The fourth-order valence-electron chi connectivity index (χ4n) is 2.59. The van der Waals surface area contributed by atoms with E-state index in [4.69, 9.17) is 23.2 Å². The van der Waals surface area contributed by atoms with Crippen LogP contribution in [0, 0.1) is 13.8 Å². The summed E-state index contributed by atoms with van der Waals surface area (Å²) >= 11 is 12.1. The Morgan fingerprint density at radius 1 is 1.12 bits per heavy atom. The van der Waals surface area contributed by atoms with Gasteiger partial charge in [-0.2, -0.15) is 0 Å². The lowest BCUT2D eigenvalue weighted by Gasteiger charge is -2.19. The largest absolute Gasteiger partial charge is 0.355 e. The Bertz CT molecular complexity index is 979. The molecule has 0 radical (unpaired) electrons. The summed E-state index contributed by atoms with van der Waals surface area (Å²) in [6, 6.07) is 9.23. The SMILES string of the molecule is Cc1nc(-c2ccc(N(C)Cc3cc(Cl)cc(Cl)c3)nc2)[nH]c(=O)c1C. The maximum absolute atomic E-state index is 11.9. The monoisotopic (exact) mass is 388 g/mol. The van der Waals surface area contributed by atoms with Crippen molar-refractivity contribution in [3.8, 4) is 11.4 Å². The highest BCUT2D eigenvalue weighted by Gasteiger charge is 2.09. The predicted molar refractivity (Wildman–Crippen MR) is 106 cm³/mol. The highest BCUT2D eigenvalue weighted by Crippen LogP contribution is 2.22. The van der Waals surface area contributed by atoms with Crippen molar-refractivity contribution in [2.45, 2.75) is 20.4 Å². The lowest BCUT2D eigenvalue weighted by molar-refractivity contribution is 0.898. The van der Waals surface area contributed by atoms with E-state index in [1.807, 2.05) is 43.1 Å². The summed E-state index contributed by atoms with van der Waals surface area (Å²) in [6.45, 7) is 4.19. The third kappa shape index (κ3) is 4.06. The van der Waals surface area contributed by atoms with Gasteiger partial charge in [0.15, 0.2) is 0 Å². The Morgan fingerprint density at radius 3 is 2.38 bits per heavy atom. The first-order valence-electron chi connectivity index (χ1n) is 8.03. The van der Waals surface area contributed by atoms with Crippen LogP contribution in [0.1, 0.15) is 16.8 Å². The van der Waals surface area contributed by atoms with Gasteiger partial charge in [-0.3, -0.25) is 4.79 Å². The second-order valence-corrected chi connectivity index (χ2v) is 7.04. The van der Waals surface area contributed by atoms with Crippen LogP contribution in [0.2, 0.25) is 10.0 Å². The molecule has 1 aromatic carbocycles. The minimum atomic E-state index is -0.133. The van der Waals surface area contributed by atoms with Crippen molar-refractivity contribution in [1.29, 1.82) is 0 Å². The number of benzene rings is 1. The van der Waals surface area contributed by atoms with Gasteiger partial charge < -0.3 is 9.88 Å². The molecule has 134 valence electrons. The second kappa shape index (κ2) is 7.48. The quantitative estimate of drug-likeness (QED) is 0.719. The van der Waals surface area contributed by atoms with Crippen LogP contribution in [0.5, 0.6) is 0 Å².